The molecule has 1 heterocycles. The SMILES string of the molecule is O=C(N1CCN(CCCl)CC1)C12CC3CC(CC(C3)C1)C2. The first-order valence-corrected chi connectivity index (χ1v) is 9.30. The van der Waals surface area contributed by atoms with Crippen molar-refractivity contribution in [2.75, 3.05) is 38.6 Å². The molecule has 0 aromatic rings. The van der Waals surface area contributed by atoms with Gasteiger partial charge in [0.2, 0.25) is 5.91 Å². The molecular weight excluding hydrogens is 284 g/mol. The third-order valence-electron chi connectivity index (χ3n) is 6.55. The number of amides is 1. The van der Waals surface area contributed by atoms with Gasteiger partial charge in [0, 0.05) is 38.6 Å². The Morgan fingerprint density at radius 1 is 0.952 bits per heavy atom. The van der Waals surface area contributed by atoms with Crippen molar-refractivity contribution in [1.29, 1.82) is 0 Å². The maximum absolute atomic E-state index is 13.2. The number of hydrogen-bond acceptors (Lipinski definition) is 2. The summed E-state index contributed by atoms with van der Waals surface area (Å²) in [5.41, 5.74) is 0.0450. The quantitative estimate of drug-likeness (QED) is 0.748. The Balaban J connectivity index is 1.43. The number of carbonyl (C=O) groups excluding carboxylic acids is 1. The van der Waals surface area contributed by atoms with Crippen molar-refractivity contribution < 1.29 is 4.79 Å². The van der Waals surface area contributed by atoms with Gasteiger partial charge in [-0.05, 0) is 56.3 Å². The predicted octanol–water partition coefficient (Wildman–Crippen LogP) is 2.59. The van der Waals surface area contributed by atoms with Crippen molar-refractivity contribution >= 4 is 17.5 Å². The summed E-state index contributed by atoms with van der Waals surface area (Å²) in [6.07, 6.45) is 7.82. The number of piperazine rings is 1. The summed E-state index contributed by atoms with van der Waals surface area (Å²) in [5, 5.41) is 0. The van der Waals surface area contributed by atoms with Crippen LogP contribution < -0.4 is 0 Å². The maximum Gasteiger partial charge on any atom is 0.228 e. The van der Waals surface area contributed by atoms with Gasteiger partial charge in [-0.3, -0.25) is 9.69 Å². The monoisotopic (exact) mass is 310 g/mol. The summed E-state index contributed by atoms with van der Waals surface area (Å²) in [4.78, 5) is 17.8. The van der Waals surface area contributed by atoms with E-state index in [0.29, 0.717) is 11.8 Å². The second-order valence-corrected chi connectivity index (χ2v) is 8.40. The molecule has 1 aliphatic heterocycles. The molecule has 4 saturated carbocycles. The summed E-state index contributed by atoms with van der Waals surface area (Å²) in [6.45, 7) is 4.80. The molecule has 0 aromatic heterocycles. The van der Waals surface area contributed by atoms with Crippen molar-refractivity contribution in [2.24, 2.45) is 23.2 Å². The van der Waals surface area contributed by atoms with E-state index in [4.69, 9.17) is 11.6 Å². The summed E-state index contributed by atoms with van der Waals surface area (Å²) in [5.74, 6) is 3.78. The van der Waals surface area contributed by atoms with Crippen LogP contribution in [0.3, 0.4) is 0 Å². The van der Waals surface area contributed by atoms with E-state index in [-0.39, 0.29) is 5.41 Å². The number of alkyl halides is 1. The highest BCUT2D eigenvalue weighted by Crippen LogP contribution is 2.60. The number of halogens is 1. The summed E-state index contributed by atoms with van der Waals surface area (Å²) >= 11 is 5.82. The van der Waals surface area contributed by atoms with E-state index in [1.807, 2.05) is 0 Å². The molecule has 0 N–H and O–H groups in total. The van der Waals surface area contributed by atoms with Crippen LogP contribution in [0.4, 0.5) is 0 Å². The third-order valence-corrected chi connectivity index (χ3v) is 6.72. The molecule has 4 heteroatoms. The Morgan fingerprint density at radius 2 is 1.48 bits per heavy atom. The molecule has 5 aliphatic rings. The van der Waals surface area contributed by atoms with E-state index in [0.717, 1.165) is 50.5 Å². The lowest BCUT2D eigenvalue weighted by atomic mass is 9.49. The van der Waals surface area contributed by atoms with Gasteiger partial charge in [-0.1, -0.05) is 0 Å². The zero-order valence-corrected chi connectivity index (χ0v) is 13.7. The molecule has 0 spiro atoms. The molecule has 4 aliphatic carbocycles. The average molecular weight is 311 g/mol. The molecule has 0 radical (unpaired) electrons. The fourth-order valence-corrected chi connectivity index (χ4v) is 6.24. The average Bonchev–Trinajstić information content (AvgIpc) is 2.46. The second kappa shape index (κ2) is 5.42. The van der Waals surface area contributed by atoms with E-state index < -0.39 is 0 Å². The van der Waals surface area contributed by atoms with Crippen LogP contribution in [0.15, 0.2) is 0 Å². The van der Waals surface area contributed by atoms with Crippen LogP contribution in [0, 0.1) is 23.2 Å². The first-order valence-electron chi connectivity index (χ1n) is 8.76. The molecule has 0 unspecified atom stereocenters. The zero-order chi connectivity index (χ0) is 14.4. The minimum absolute atomic E-state index is 0.0450. The van der Waals surface area contributed by atoms with Gasteiger partial charge in [0.15, 0.2) is 0 Å². The van der Waals surface area contributed by atoms with E-state index in [1.165, 1.54) is 38.5 Å². The molecule has 3 nitrogen and oxygen atoms in total. The maximum atomic E-state index is 13.2. The first kappa shape index (κ1) is 14.3. The predicted molar refractivity (Wildman–Crippen MR) is 84.3 cm³/mol. The van der Waals surface area contributed by atoms with Crippen LogP contribution in [0.25, 0.3) is 0 Å². The van der Waals surface area contributed by atoms with E-state index in [2.05, 4.69) is 9.80 Å². The third kappa shape index (κ3) is 2.50. The normalized spacial score (nSPS) is 42.5. The molecule has 4 bridgehead atoms. The second-order valence-electron chi connectivity index (χ2n) is 8.02. The molecule has 21 heavy (non-hydrogen) atoms. The molecule has 1 amide bonds. The molecule has 1 saturated heterocycles. The minimum atomic E-state index is 0.0450. The lowest BCUT2D eigenvalue weighted by Gasteiger charge is -2.57. The van der Waals surface area contributed by atoms with Gasteiger partial charge in [0.25, 0.3) is 0 Å². The van der Waals surface area contributed by atoms with Crippen LogP contribution >= 0.6 is 11.6 Å². The van der Waals surface area contributed by atoms with Gasteiger partial charge < -0.3 is 4.90 Å². The number of carbonyl (C=O) groups is 1. The van der Waals surface area contributed by atoms with Gasteiger partial charge in [-0.15, -0.1) is 11.6 Å². The van der Waals surface area contributed by atoms with Crippen LogP contribution in [-0.2, 0) is 4.79 Å². The zero-order valence-electron chi connectivity index (χ0n) is 12.9. The van der Waals surface area contributed by atoms with Crippen molar-refractivity contribution in [1.82, 2.24) is 9.80 Å². The Hall–Kier alpha value is -0.280. The van der Waals surface area contributed by atoms with Crippen molar-refractivity contribution in [3.8, 4) is 0 Å². The number of hydrogen-bond donors (Lipinski definition) is 0. The van der Waals surface area contributed by atoms with Crippen LogP contribution in [-0.4, -0.2) is 54.3 Å². The first-order chi connectivity index (χ1) is 10.2. The minimum Gasteiger partial charge on any atom is -0.340 e. The number of rotatable bonds is 3. The van der Waals surface area contributed by atoms with Crippen molar-refractivity contribution in [2.45, 2.75) is 38.5 Å². The Kier molecular flexibility index (Phi) is 3.69. The smallest absolute Gasteiger partial charge is 0.228 e. The van der Waals surface area contributed by atoms with Gasteiger partial charge in [0.05, 0.1) is 5.41 Å². The highest BCUT2D eigenvalue weighted by molar-refractivity contribution is 6.18. The van der Waals surface area contributed by atoms with E-state index >= 15 is 0 Å². The summed E-state index contributed by atoms with van der Waals surface area (Å²) in [6, 6.07) is 0. The molecule has 5 rings (SSSR count). The topological polar surface area (TPSA) is 23.6 Å². The van der Waals surface area contributed by atoms with Gasteiger partial charge in [-0.2, -0.15) is 0 Å². The molecule has 0 atom stereocenters. The van der Waals surface area contributed by atoms with E-state index in [1.54, 1.807) is 0 Å². The molecule has 5 fully saturated rings. The van der Waals surface area contributed by atoms with Gasteiger partial charge >= 0.3 is 0 Å². The Labute approximate surface area is 133 Å². The summed E-state index contributed by atoms with van der Waals surface area (Å²) < 4.78 is 0. The van der Waals surface area contributed by atoms with Crippen LogP contribution in [0.1, 0.15) is 38.5 Å². The lowest BCUT2D eigenvalue weighted by Crippen LogP contribution is -2.58. The standard InChI is InChI=1S/C17H27ClN2O/c18-1-2-19-3-5-20(6-4-19)16(21)17-10-13-7-14(11-17)9-15(8-13)12-17/h13-15H,1-12H2. The van der Waals surface area contributed by atoms with Crippen molar-refractivity contribution in [3.63, 3.8) is 0 Å². The Morgan fingerprint density at radius 3 is 1.95 bits per heavy atom. The van der Waals surface area contributed by atoms with Crippen molar-refractivity contribution in [3.05, 3.63) is 0 Å². The highest BCUT2D eigenvalue weighted by Gasteiger charge is 2.55. The van der Waals surface area contributed by atoms with Gasteiger partial charge in [0.1, 0.15) is 0 Å². The van der Waals surface area contributed by atoms with Crippen LogP contribution in [0.5, 0.6) is 0 Å². The van der Waals surface area contributed by atoms with Crippen LogP contribution in [0.2, 0.25) is 0 Å². The fourth-order valence-electron chi connectivity index (χ4n) is 6.00. The van der Waals surface area contributed by atoms with E-state index in [9.17, 15) is 4.79 Å². The lowest BCUT2D eigenvalue weighted by molar-refractivity contribution is -0.159. The fraction of sp³-hybridized carbons (Fsp3) is 0.941. The van der Waals surface area contributed by atoms with Gasteiger partial charge in [-0.25, -0.2) is 0 Å². The molecule has 118 valence electrons. The highest BCUT2D eigenvalue weighted by atomic mass is 35.5. The Bertz CT molecular complexity index is 382. The molecular formula is C17H27ClN2O. The molecule has 0 aromatic carbocycles. The largest absolute Gasteiger partial charge is 0.340 e. The number of nitrogens with zero attached hydrogens (tertiary/aromatic N) is 2. The summed E-state index contributed by atoms with van der Waals surface area (Å²) in [7, 11) is 0.